The van der Waals surface area contributed by atoms with E-state index >= 15 is 0 Å². The highest BCUT2D eigenvalue weighted by Crippen LogP contribution is 2.26. The quantitative estimate of drug-likeness (QED) is 0.0325. The van der Waals surface area contributed by atoms with Crippen molar-refractivity contribution in [3.05, 3.63) is 0 Å². The van der Waals surface area contributed by atoms with Crippen LogP contribution in [0.15, 0.2) is 0 Å². The third-order valence-corrected chi connectivity index (χ3v) is 22.2. The number of unbranched alkanes of at least 4 members (excludes halogenated alkanes) is 29. The largest absolute Gasteiger partial charge is 0.465 e. The predicted octanol–water partition coefficient (Wildman–Crippen LogP) is 15.2. The van der Waals surface area contributed by atoms with Crippen LogP contribution in [0.1, 0.15) is 359 Å². The molecule has 6 aliphatic heterocycles. The summed E-state index contributed by atoms with van der Waals surface area (Å²) >= 11 is 0. The van der Waals surface area contributed by atoms with Crippen molar-refractivity contribution in [3.63, 3.8) is 0 Å². The smallest absolute Gasteiger partial charge is 0.311 e. The number of nitrogens with one attached hydrogen (secondary N) is 4. The summed E-state index contributed by atoms with van der Waals surface area (Å²) in [5.41, 5.74) is 0. The lowest BCUT2D eigenvalue weighted by Crippen LogP contribution is -2.33. The van der Waals surface area contributed by atoms with E-state index in [0.29, 0.717) is 117 Å². The van der Waals surface area contributed by atoms with Crippen molar-refractivity contribution in [3.8, 4) is 0 Å². The topological polar surface area (TPSA) is 291 Å². The van der Waals surface area contributed by atoms with Gasteiger partial charge in [-0.3, -0.25) is 57.5 Å². The van der Waals surface area contributed by atoms with Crippen molar-refractivity contribution < 1.29 is 67.0 Å². The molecule has 0 aromatic carbocycles. The Morgan fingerprint density at radius 3 is 0.661 bits per heavy atom. The van der Waals surface area contributed by atoms with Gasteiger partial charge in [-0.15, -0.1) is 0 Å². The van der Waals surface area contributed by atoms with Gasteiger partial charge in [0.15, 0.2) is 0 Å². The number of esters is 2. The van der Waals surface area contributed by atoms with Crippen molar-refractivity contribution >= 4 is 71.0 Å². The molecule has 0 aliphatic carbocycles. The van der Waals surface area contributed by atoms with Crippen LogP contribution in [-0.4, -0.2) is 218 Å². The molecule has 666 valence electrons. The molecular weight excluding hydrogens is 1460 g/mol. The average molecular weight is 1630 g/mol. The molecule has 6 fully saturated rings. The second-order valence-electron chi connectivity index (χ2n) is 32.6. The van der Waals surface area contributed by atoms with Crippen LogP contribution < -0.4 is 21.3 Å². The molecule has 6 heterocycles. The first-order chi connectivity index (χ1) is 55.6. The summed E-state index contributed by atoms with van der Waals surface area (Å²) in [5, 5.41) is 11.1. The van der Waals surface area contributed by atoms with Crippen LogP contribution in [0.2, 0.25) is 0 Å². The first-order valence-corrected chi connectivity index (χ1v) is 46.7. The van der Waals surface area contributed by atoms with Crippen LogP contribution >= 0.6 is 0 Å². The number of ether oxygens (including phenoxy) is 2. The fraction of sp³-hybridized carbons (Fsp3) is 0.868. The van der Waals surface area contributed by atoms with E-state index in [1.165, 1.54) is 154 Å². The van der Waals surface area contributed by atoms with Crippen molar-refractivity contribution in [1.82, 2.24) is 50.7 Å². The number of hydrogen-bond donors (Lipinski definition) is 4. The number of likely N-dealkylation sites (tertiary alicyclic amines) is 6. The first kappa shape index (κ1) is 107. The molecule has 10 amide bonds. The van der Waals surface area contributed by atoms with Gasteiger partial charge in [-0.1, -0.05) is 242 Å². The zero-order chi connectivity index (χ0) is 85.2. The maximum Gasteiger partial charge on any atom is 0.311 e. The molecule has 6 unspecified atom stereocenters. The second-order valence-corrected chi connectivity index (χ2v) is 32.6. The molecule has 0 aromatic heterocycles. The predicted molar refractivity (Wildman–Crippen MR) is 461 cm³/mol. The van der Waals surface area contributed by atoms with E-state index in [1.54, 1.807) is 4.90 Å². The molecule has 115 heavy (non-hydrogen) atoms. The number of carbonyl (C=O) groups is 12. The minimum Gasteiger partial charge on any atom is -0.465 e. The Morgan fingerprint density at radius 2 is 0.417 bits per heavy atom. The summed E-state index contributed by atoms with van der Waals surface area (Å²) in [4.78, 5) is 152. The van der Waals surface area contributed by atoms with Gasteiger partial charge in [0, 0.05) is 143 Å². The Hall–Kier alpha value is -6.36. The Morgan fingerprint density at radius 1 is 0.235 bits per heavy atom. The van der Waals surface area contributed by atoms with Gasteiger partial charge in [-0.25, -0.2) is 0 Å². The molecule has 0 bridgehead atoms. The molecule has 4 N–H and O–H groups in total. The first-order valence-electron chi connectivity index (χ1n) is 46.7. The van der Waals surface area contributed by atoms with E-state index in [-0.39, 0.29) is 107 Å². The standard InChI is InChI=1S/C23H43NO3.C22H41NO3.C13H24N2O2.C12H22N2O2.C11H20N2O2.C10H18N2O2/c1-3-5-7-9-10-11-12-13-14-15-17-24-20-21(19-22(24)25)23(26)27-18-16-8-6-4-2;1-3-5-7-9-10-11-12-13-14-16-23-19-20(18-21(23)24)22(25)26-17-15-8-6-4-2;1-3-5-6-7-8-15-10-11(9-12(15)16)13(17)14-4-2;1-3-5-6-7-14-9-10(8-11(14)15)12(16)13-4-2;1-3-5-6-13-8-9(7-10(13)14)11(15)12-4-2;1-3-5-12-7-8(6-9(12)13)10(14)11-4-2/h21H,3-20H2,1-2H3;20H,3-19H2,1-2H3;11H,3-10H2,1-2H3,(H,14,17);10H,3-9H2,1-2H3,(H,13,16);9H,3-8H2,1-2H3,(H,12,15);8H,3-7H2,1-2H3,(H,11,14). The average Bonchev–Trinajstić information content (AvgIpc) is 1.76. The molecule has 0 spiro atoms. The van der Waals surface area contributed by atoms with Gasteiger partial charge in [0.25, 0.3) is 0 Å². The maximum atomic E-state index is 12.1. The lowest BCUT2D eigenvalue weighted by molar-refractivity contribution is -0.149. The Balaban J connectivity index is 0.000000703. The summed E-state index contributed by atoms with van der Waals surface area (Å²) in [6.07, 6.45) is 46.6. The van der Waals surface area contributed by atoms with Crippen molar-refractivity contribution in [2.45, 2.75) is 359 Å². The highest BCUT2D eigenvalue weighted by molar-refractivity contribution is 5.92. The van der Waals surface area contributed by atoms with E-state index in [0.717, 1.165) is 123 Å². The van der Waals surface area contributed by atoms with Gasteiger partial charge in [-0.2, -0.15) is 0 Å². The molecule has 6 atom stereocenters. The third-order valence-electron chi connectivity index (χ3n) is 22.2. The van der Waals surface area contributed by atoms with E-state index in [2.05, 4.69) is 69.7 Å². The fourth-order valence-electron chi connectivity index (χ4n) is 15.2. The third kappa shape index (κ3) is 49.0. The zero-order valence-electron chi connectivity index (χ0n) is 75.0. The molecule has 6 saturated heterocycles. The van der Waals surface area contributed by atoms with Crippen molar-refractivity contribution in [2.75, 3.05) is 118 Å². The van der Waals surface area contributed by atoms with Gasteiger partial charge in [0.05, 0.1) is 48.7 Å². The van der Waals surface area contributed by atoms with Crippen molar-refractivity contribution in [1.29, 1.82) is 0 Å². The van der Waals surface area contributed by atoms with Crippen LogP contribution in [0.25, 0.3) is 0 Å². The van der Waals surface area contributed by atoms with Crippen LogP contribution in [0.5, 0.6) is 0 Å². The number of rotatable bonds is 55. The van der Waals surface area contributed by atoms with Crippen LogP contribution in [0, 0.1) is 35.5 Å². The second kappa shape index (κ2) is 69.6. The highest BCUT2D eigenvalue weighted by Gasteiger charge is 2.39. The molecule has 0 aromatic rings. The van der Waals surface area contributed by atoms with E-state index in [4.69, 9.17) is 9.47 Å². The maximum absolute atomic E-state index is 12.1. The van der Waals surface area contributed by atoms with Gasteiger partial charge < -0.3 is 60.1 Å². The SMILES string of the molecule is CCCCCCCCCCCCN1CC(C(=O)OCCCCCC)CC1=O.CCCCCCCCCCCN1CC(C(=O)OCCCCCC)CC1=O.CCCCCCN1CC(C(=O)NCC)CC1=O.CCCCCN1CC(C(=O)NCC)CC1=O.CCCCN1CC(C(=O)NCC)CC1=O.CCCN1CC(C(=O)NCC)CC1=O. The summed E-state index contributed by atoms with van der Waals surface area (Å²) in [5.74, 6) is -0.529. The molecule has 0 radical (unpaired) electrons. The number of nitrogens with zero attached hydrogens (tertiary/aromatic N) is 6. The summed E-state index contributed by atoms with van der Waals surface area (Å²) in [6.45, 7) is 36.7. The van der Waals surface area contributed by atoms with Gasteiger partial charge in [0.2, 0.25) is 59.1 Å². The molecule has 6 aliphatic rings. The Labute approximate surface area is 698 Å². The zero-order valence-corrected chi connectivity index (χ0v) is 75.0. The fourth-order valence-corrected chi connectivity index (χ4v) is 15.2. The number of hydrogen-bond acceptors (Lipinski definition) is 14. The van der Waals surface area contributed by atoms with Crippen LogP contribution in [0.4, 0.5) is 0 Å². The molecule has 0 saturated carbocycles. The number of amides is 10. The van der Waals surface area contributed by atoms with E-state index in [9.17, 15) is 57.5 Å². The summed E-state index contributed by atoms with van der Waals surface area (Å²) in [7, 11) is 0. The van der Waals surface area contributed by atoms with Gasteiger partial charge in [-0.05, 0) is 79.1 Å². The minimum atomic E-state index is -0.244. The van der Waals surface area contributed by atoms with Crippen LogP contribution in [-0.2, 0) is 67.0 Å². The highest BCUT2D eigenvalue weighted by atomic mass is 16.5. The van der Waals surface area contributed by atoms with Gasteiger partial charge in [0.1, 0.15) is 0 Å². The normalized spacial score (nSPS) is 18.9. The lowest BCUT2D eigenvalue weighted by Gasteiger charge is -2.16. The number of carbonyl (C=O) groups excluding carboxylic acids is 12. The Kier molecular flexibility index (Phi) is 64.5. The molecule has 24 nitrogen and oxygen atoms in total. The Bertz CT molecular complexity index is 2670. The molecular formula is C91H168N10O14. The molecule has 6 rings (SSSR count). The summed E-state index contributed by atoms with van der Waals surface area (Å²) < 4.78 is 10.7. The van der Waals surface area contributed by atoms with Crippen LogP contribution in [0.3, 0.4) is 0 Å². The van der Waals surface area contributed by atoms with E-state index in [1.807, 2.05) is 59.1 Å². The monoisotopic (exact) mass is 1630 g/mol. The summed E-state index contributed by atoms with van der Waals surface area (Å²) in [6, 6.07) is 0. The van der Waals surface area contributed by atoms with Crippen molar-refractivity contribution in [2.24, 2.45) is 35.5 Å². The lowest BCUT2D eigenvalue weighted by atomic mass is 10.1. The van der Waals surface area contributed by atoms with Gasteiger partial charge >= 0.3 is 11.9 Å². The molecule has 24 heteroatoms. The minimum absolute atomic E-state index is 0.0134. The van der Waals surface area contributed by atoms with E-state index < -0.39 is 0 Å².